The van der Waals surface area contributed by atoms with Gasteiger partial charge in [-0.15, -0.1) is 0 Å². The van der Waals surface area contributed by atoms with Crippen LogP contribution in [0, 0.1) is 0 Å². The summed E-state index contributed by atoms with van der Waals surface area (Å²) < 4.78 is 0. The number of aromatic nitrogens is 2. The quantitative estimate of drug-likeness (QED) is 0.666. The summed E-state index contributed by atoms with van der Waals surface area (Å²) in [5.41, 5.74) is 10.9. The van der Waals surface area contributed by atoms with Crippen LogP contribution in [0.4, 0.5) is 5.69 Å². The van der Waals surface area contributed by atoms with Gasteiger partial charge >= 0.3 is 0 Å². The van der Waals surface area contributed by atoms with Crippen LogP contribution in [-0.2, 0) is 10.2 Å². The van der Waals surface area contributed by atoms with Crippen molar-refractivity contribution in [3.8, 4) is 11.1 Å². The van der Waals surface area contributed by atoms with E-state index in [1.54, 1.807) is 6.20 Å². The van der Waals surface area contributed by atoms with Crippen LogP contribution in [0.15, 0.2) is 60.9 Å². The van der Waals surface area contributed by atoms with Crippen LogP contribution in [0.2, 0.25) is 0 Å². The van der Waals surface area contributed by atoms with Gasteiger partial charge < -0.3 is 11.1 Å². The van der Waals surface area contributed by atoms with Gasteiger partial charge in [-0.05, 0) is 34.2 Å². The minimum absolute atomic E-state index is 0.0196. The molecule has 1 atom stereocenters. The largest absolute Gasteiger partial charge is 0.324 e. The number of amides is 1. The number of rotatable bonds is 4. The SMILES string of the molecule is CC(C)(C)c1cccc(NC(=O)C(N)c2ccc(-c3cn[nH]c3)cc2)c1. The van der Waals surface area contributed by atoms with E-state index < -0.39 is 6.04 Å². The number of H-pyrrole nitrogens is 1. The third kappa shape index (κ3) is 4.00. The van der Waals surface area contributed by atoms with E-state index in [1.165, 1.54) is 0 Å². The molecule has 5 nitrogen and oxygen atoms in total. The number of aromatic amines is 1. The Morgan fingerprint density at radius 2 is 1.85 bits per heavy atom. The summed E-state index contributed by atoms with van der Waals surface area (Å²) in [6.07, 6.45) is 3.58. The average Bonchev–Trinajstić information content (AvgIpc) is 3.15. The highest BCUT2D eigenvalue weighted by Gasteiger charge is 2.18. The van der Waals surface area contributed by atoms with Crippen LogP contribution in [0.1, 0.15) is 37.9 Å². The van der Waals surface area contributed by atoms with Gasteiger partial charge in [0.2, 0.25) is 5.91 Å². The number of carbonyl (C=O) groups excluding carboxylic acids is 1. The summed E-state index contributed by atoms with van der Waals surface area (Å²) in [5, 5.41) is 9.64. The summed E-state index contributed by atoms with van der Waals surface area (Å²) in [6, 6.07) is 14.8. The Kier molecular flexibility index (Phi) is 4.91. The lowest BCUT2D eigenvalue weighted by Crippen LogP contribution is -2.27. The molecule has 0 fully saturated rings. The lowest BCUT2D eigenvalue weighted by molar-refractivity contribution is -0.117. The fourth-order valence-corrected chi connectivity index (χ4v) is 2.73. The second-order valence-corrected chi connectivity index (χ2v) is 7.41. The van der Waals surface area contributed by atoms with Crippen molar-refractivity contribution in [1.82, 2.24) is 10.2 Å². The maximum Gasteiger partial charge on any atom is 0.245 e. The van der Waals surface area contributed by atoms with Gasteiger partial charge in [-0.1, -0.05) is 57.2 Å². The van der Waals surface area contributed by atoms with Crippen LogP contribution in [-0.4, -0.2) is 16.1 Å². The smallest absolute Gasteiger partial charge is 0.245 e. The number of hydrogen-bond donors (Lipinski definition) is 3. The molecule has 4 N–H and O–H groups in total. The molecule has 0 saturated heterocycles. The standard InChI is InChI=1S/C21H24N4O/c1-21(2,3)17-5-4-6-18(11-17)25-20(26)19(22)15-9-7-14(8-10-15)16-12-23-24-13-16/h4-13,19H,22H2,1-3H3,(H,23,24)(H,25,26). The second-order valence-electron chi connectivity index (χ2n) is 7.41. The summed E-state index contributed by atoms with van der Waals surface area (Å²) in [4.78, 5) is 12.5. The maximum absolute atomic E-state index is 12.5. The van der Waals surface area contributed by atoms with Crippen molar-refractivity contribution in [3.05, 3.63) is 72.1 Å². The van der Waals surface area contributed by atoms with Crippen LogP contribution in [0.3, 0.4) is 0 Å². The first-order valence-corrected chi connectivity index (χ1v) is 8.61. The molecule has 5 heteroatoms. The molecule has 2 aromatic carbocycles. The summed E-state index contributed by atoms with van der Waals surface area (Å²) in [5.74, 6) is -0.230. The highest BCUT2D eigenvalue weighted by Crippen LogP contribution is 2.25. The molecule has 26 heavy (non-hydrogen) atoms. The minimum atomic E-state index is -0.730. The monoisotopic (exact) mass is 348 g/mol. The van der Waals surface area contributed by atoms with E-state index in [2.05, 4.69) is 42.4 Å². The van der Waals surface area contributed by atoms with E-state index >= 15 is 0 Å². The molecule has 0 aliphatic carbocycles. The highest BCUT2D eigenvalue weighted by atomic mass is 16.2. The third-order valence-corrected chi connectivity index (χ3v) is 4.38. The molecule has 134 valence electrons. The molecule has 0 saturated carbocycles. The molecule has 0 aliphatic rings. The number of nitrogens with two attached hydrogens (primary N) is 1. The summed E-state index contributed by atoms with van der Waals surface area (Å²) in [7, 11) is 0. The van der Waals surface area contributed by atoms with Crippen molar-refractivity contribution in [2.24, 2.45) is 5.73 Å². The Bertz CT molecular complexity index is 877. The van der Waals surface area contributed by atoms with Crippen molar-refractivity contribution in [3.63, 3.8) is 0 Å². The Morgan fingerprint density at radius 1 is 1.12 bits per heavy atom. The zero-order chi connectivity index (χ0) is 18.7. The maximum atomic E-state index is 12.5. The van der Waals surface area contributed by atoms with E-state index in [-0.39, 0.29) is 11.3 Å². The van der Waals surface area contributed by atoms with Crippen molar-refractivity contribution in [1.29, 1.82) is 0 Å². The van der Waals surface area contributed by atoms with Gasteiger partial charge in [0.25, 0.3) is 0 Å². The first kappa shape index (κ1) is 17.9. The Labute approximate surface area is 153 Å². The lowest BCUT2D eigenvalue weighted by atomic mass is 9.87. The molecule has 1 unspecified atom stereocenters. The van der Waals surface area contributed by atoms with Crippen molar-refractivity contribution in [2.45, 2.75) is 32.2 Å². The number of benzene rings is 2. The van der Waals surface area contributed by atoms with E-state index in [0.29, 0.717) is 0 Å². The van der Waals surface area contributed by atoms with Gasteiger partial charge in [0, 0.05) is 17.4 Å². The van der Waals surface area contributed by atoms with Gasteiger partial charge in [-0.3, -0.25) is 9.89 Å². The predicted molar refractivity (Wildman–Crippen MR) is 105 cm³/mol. The van der Waals surface area contributed by atoms with Crippen LogP contribution < -0.4 is 11.1 Å². The van der Waals surface area contributed by atoms with Gasteiger partial charge in [0.05, 0.1) is 6.20 Å². The summed E-state index contributed by atoms with van der Waals surface area (Å²) in [6.45, 7) is 6.42. The normalized spacial score (nSPS) is 12.6. The zero-order valence-corrected chi connectivity index (χ0v) is 15.3. The molecule has 1 amide bonds. The number of carbonyl (C=O) groups is 1. The molecule has 0 aliphatic heterocycles. The Balaban J connectivity index is 1.72. The van der Waals surface area contributed by atoms with Crippen LogP contribution in [0.5, 0.6) is 0 Å². The van der Waals surface area contributed by atoms with Crippen LogP contribution >= 0.6 is 0 Å². The van der Waals surface area contributed by atoms with Gasteiger partial charge in [0.1, 0.15) is 6.04 Å². The molecular formula is C21H24N4O. The Hall–Kier alpha value is -2.92. The molecule has 0 radical (unpaired) electrons. The zero-order valence-electron chi connectivity index (χ0n) is 15.3. The van der Waals surface area contributed by atoms with E-state index in [9.17, 15) is 4.79 Å². The van der Waals surface area contributed by atoms with Gasteiger partial charge in [0.15, 0.2) is 0 Å². The molecule has 1 heterocycles. The third-order valence-electron chi connectivity index (χ3n) is 4.38. The molecule has 3 rings (SSSR count). The highest BCUT2D eigenvalue weighted by molar-refractivity contribution is 5.95. The number of nitrogens with one attached hydrogen (secondary N) is 2. The number of nitrogens with zero attached hydrogens (tertiary/aromatic N) is 1. The average molecular weight is 348 g/mol. The van der Waals surface area contributed by atoms with Crippen molar-refractivity contribution in [2.75, 3.05) is 5.32 Å². The van der Waals surface area contributed by atoms with Gasteiger partial charge in [-0.25, -0.2) is 0 Å². The molecule has 3 aromatic rings. The first-order valence-electron chi connectivity index (χ1n) is 8.61. The molecular weight excluding hydrogens is 324 g/mol. The minimum Gasteiger partial charge on any atom is -0.324 e. The predicted octanol–water partition coefficient (Wildman–Crippen LogP) is 4.01. The fraction of sp³-hybridized carbons (Fsp3) is 0.238. The topological polar surface area (TPSA) is 83.8 Å². The van der Waals surface area contributed by atoms with Gasteiger partial charge in [-0.2, -0.15) is 5.10 Å². The number of hydrogen-bond acceptors (Lipinski definition) is 3. The van der Waals surface area contributed by atoms with Crippen molar-refractivity contribution >= 4 is 11.6 Å². The lowest BCUT2D eigenvalue weighted by Gasteiger charge is -2.20. The fourth-order valence-electron chi connectivity index (χ4n) is 2.73. The second kappa shape index (κ2) is 7.14. The Morgan fingerprint density at radius 3 is 2.46 bits per heavy atom. The first-order chi connectivity index (χ1) is 12.3. The number of anilines is 1. The van der Waals surface area contributed by atoms with Crippen LogP contribution in [0.25, 0.3) is 11.1 Å². The van der Waals surface area contributed by atoms with Crippen molar-refractivity contribution < 1.29 is 4.79 Å². The summed E-state index contributed by atoms with van der Waals surface area (Å²) >= 11 is 0. The molecule has 0 spiro atoms. The van der Waals surface area contributed by atoms with E-state index in [1.807, 2.05) is 48.7 Å². The van der Waals surface area contributed by atoms with E-state index in [0.717, 1.165) is 27.9 Å². The molecule has 1 aromatic heterocycles. The molecule has 0 bridgehead atoms. The van der Waals surface area contributed by atoms with E-state index in [4.69, 9.17) is 5.73 Å².